The van der Waals surface area contributed by atoms with Crippen molar-refractivity contribution in [1.82, 2.24) is 14.5 Å². The van der Waals surface area contributed by atoms with E-state index in [9.17, 15) is 9.59 Å². The van der Waals surface area contributed by atoms with Crippen molar-refractivity contribution in [3.63, 3.8) is 0 Å². The van der Waals surface area contributed by atoms with Crippen LogP contribution in [0, 0.1) is 6.92 Å². The van der Waals surface area contributed by atoms with Crippen molar-refractivity contribution in [3.05, 3.63) is 62.0 Å². The summed E-state index contributed by atoms with van der Waals surface area (Å²) in [6.07, 6.45) is 0. The molecule has 0 saturated carbocycles. The number of carbonyl (C=O) groups is 1. The van der Waals surface area contributed by atoms with Crippen LogP contribution < -0.4 is 10.9 Å². The fourth-order valence-electron chi connectivity index (χ4n) is 3.45. The number of nitrogens with one attached hydrogen (secondary N) is 2. The summed E-state index contributed by atoms with van der Waals surface area (Å²) in [5.41, 5.74) is 2.10. The Morgan fingerprint density at radius 3 is 2.55 bits per heavy atom. The van der Waals surface area contributed by atoms with Crippen molar-refractivity contribution in [2.75, 3.05) is 12.4 Å². The van der Waals surface area contributed by atoms with Gasteiger partial charge in [0.05, 0.1) is 44.8 Å². The molecule has 148 valence electrons. The number of imidazole rings is 1. The monoisotopic (exact) mass is 430 g/mol. The van der Waals surface area contributed by atoms with Crippen LogP contribution in [-0.2, 0) is 11.8 Å². The molecule has 7 nitrogen and oxygen atoms in total. The van der Waals surface area contributed by atoms with Crippen LogP contribution in [0.15, 0.2) is 35.1 Å². The molecule has 2 N–H and O–H groups in total. The molecule has 0 fully saturated rings. The van der Waals surface area contributed by atoms with Crippen LogP contribution in [0.25, 0.3) is 21.8 Å². The van der Waals surface area contributed by atoms with Crippen molar-refractivity contribution >= 4 is 62.6 Å². The lowest BCUT2D eigenvalue weighted by molar-refractivity contribution is 0.0601. The Kier molecular flexibility index (Phi) is 4.72. The first-order valence-corrected chi connectivity index (χ1v) is 9.40. The Morgan fingerprint density at radius 2 is 1.90 bits per heavy atom. The van der Waals surface area contributed by atoms with E-state index in [-0.39, 0.29) is 5.56 Å². The zero-order valence-electron chi connectivity index (χ0n) is 15.8. The summed E-state index contributed by atoms with van der Waals surface area (Å²) in [5, 5.41) is 4.85. The highest BCUT2D eigenvalue weighted by Crippen LogP contribution is 2.34. The number of aryl methyl sites for hydroxylation is 2. The van der Waals surface area contributed by atoms with Gasteiger partial charge in [0, 0.05) is 18.1 Å². The number of H-pyrrole nitrogens is 1. The number of aromatic amines is 1. The number of hydrogen-bond acceptors (Lipinski definition) is 5. The number of pyridine rings is 1. The molecule has 0 aliphatic heterocycles. The average Bonchev–Trinajstić information content (AvgIpc) is 3.00. The highest BCUT2D eigenvalue weighted by Gasteiger charge is 2.21. The minimum absolute atomic E-state index is 0.314. The predicted molar refractivity (Wildman–Crippen MR) is 115 cm³/mol. The van der Waals surface area contributed by atoms with Gasteiger partial charge in [-0.15, -0.1) is 0 Å². The van der Waals surface area contributed by atoms with E-state index >= 15 is 0 Å². The second kappa shape index (κ2) is 7.09. The molecular weight excluding hydrogens is 415 g/mol. The van der Waals surface area contributed by atoms with Crippen molar-refractivity contribution in [2.24, 2.45) is 7.05 Å². The lowest BCUT2D eigenvalue weighted by Gasteiger charge is -2.11. The quantitative estimate of drug-likeness (QED) is 0.465. The van der Waals surface area contributed by atoms with E-state index in [2.05, 4.69) is 15.3 Å². The van der Waals surface area contributed by atoms with E-state index in [1.807, 2.05) is 0 Å². The number of benzene rings is 2. The van der Waals surface area contributed by atoms with Crippen LogP contribution in [-0.4, -0.2) is 27.6 Å². The third kappa shape index (κ3) is 3.03. The van der Waals surface area contributed by atoms with Crippen LogP contribution in [0.4, 0.5) is 11.6 Å². The maximum absolute atomic E-state index is 12.8. The third-order valence-electron chi connectivity index (χ3n) is 4.80. The maximum atomic E-state index is 12.8. The Morgan fingerprint density at radius 1 is 1.21 bits per heavy atom. The van der Waals surface area contributed by atoms with Gasteiger partial charge in [-0.25, -0.2) is 9.78 Å². The number of hydrogen-bond donors (Lipinski definition) is 2. The van der Waals surface area contributed by atoms with E-state index in [1.165, 1.54) is 7.11 Å². The Labute approximate surface area is 175 Å². The summed E-state index contributed by atoms with van der Waals surface area (Å²) in [7, 11) is 3.07. The summed E-state index contributed by atoms with van der Waals surface area (Å²) in [4.78, 5) is 32.4. The van der Waals surface area contributed by atoms with Gasteiger partial charge < -0.3 is 19.6 Å². The highest BCUT2D eigenvalue weighted by molar-refractivity contribution is 6.39. The molecule has 2 aromatic heterocycles. The number of fused-ring (bicyclic) bond motifs is 3. The first kappa shape index (κ1) is 19.3. The molecule has 0 unspecified atom stereocenters. The van der Waals surface area contributed by atoms with Gasteiger partial charge in [0.25, 0.3) is 5.56 Å². The molecular formula is C20H16Cl2N4O3. The van der Waals surface area contributed by atoms with E-state index in [0.717, 1.165) is 0 Å². The SMILES string of the molecule is COC(=O)c1c(C)[nH]c(=O)c2c1ccc1nc(Nc3c(Cl)cccc3Cl)n(C)c12. The van der Waals surface area contributed by atoms with Crippen molar-refractivity contribution in [1.29, 1.82) is 0 Å². The molecule has 4 rings (SSSR count). The normalized spacial score (nSPS) is 11.2. The van der Waals surface area contributed by atoms with Crippen LogP contribution in [0.5, 0.6) is 0 Å². The number of para-hydroxylation sites is 1. The number of nitrogens with zero attached hydrogens (tertiary/aromatic N) is 2. The van der Waals surface area contributed by atoms with E-state index in [1.54, 1.807) is 48.9 Å². The smallest absolute Gasteiger partial charge is 0.340 e. The number of halogens is 2. The summed E-state index contributed by atoms with van der Waals surface area (Å²) >= 11 is 12.5. The molecule has 0 amide bonds. The molecule has 0 atom stereocenters. The van der Waals surface area contributed by atoms with E-state index in [0.29, 0.717) is 54.7 Å². The molecule has 9 heteroatoms. The Bertz CT molecular complexity index is 1340. The van der Waals surface area contributed by atoms with Gasteiger partial charge >= 0.3 is 5.97 Å². The number of esters is 1. The lowest BCUT2D eigenvalue weighted by atomic mass is 10.0. The average molecular weight is 431 g/mol. The van der Waals surface area contributed by atoms with Gasteiger partial charge in [0.1, 0.15) is 0 Å². The van der Waals surface area contributed by atoms with E-state index in [4.69, 9.17) is 27.9 Å². The summed E-state index contributed by atoms with van der Waals surface area (Å²) in [6.45, 7) is 1.66. The van der Waals surface area contributed by atoms with Gasteiger partial charge in [-0.2, -0.15) is 0 Å². The summed E-state index contributed by atoms with van der Waals surface area (Å²) in [6, 6.07) is 8.62. The summed E-state index contributed by atoms with van der Waals surface area (Å²) in [5.74, 6) is -0.0754. The number of carbonyl (C=O) groups excluding carboxylic acids is 1. The van der Waals surface area contributed by atoms with Gasteiger partial charge in [-0.3, -0.25) is 4.79 Å². The van der Waals surface area contributed by atoms with E-state index < -0.39 is 5.97 Å². The predicted octanol–water partition coefficient (Wildman–Crippen LogP) is 4.56. The third-order valence-corrected chi connectivity index (χ3v) is 5.43. The molecule has 0 spiro atoms. The van der Waals surface area contributed by atoms with Crippen LogP contribution in [0.3, 0.4) is 0 Å². The highest BCUT2D eigenvalue weighted by atomic mass is 35.5. The maximum Gasteiger partial charge on any atom is 0.340 e. The standard InChI is InChI=1S/C20H16Cl2N4O3/c1-9-14(19(28)29-3)10-7-8-13-17(15(10)18(27)23-9)26(2)20(24-13)25-16-11(21)5-4-6-12(16)22/h4-8H,1-3H3,(H,23,27)(H,24,25). The van der Waals surface area contributed by atoms with Gasteiger partial charge in [-0.05, 0) is 25.1 Å². The van der Waals surface area contributed by atoms with Crippen LogP contribution in [0.2, 0.25) is 10.0 Å². The first-order valence-electron chi connectivity index (χ1n) is 8.64. The second-order valence-corrected chi connectivity index (χ2v) is 7.33. The molecule has 0 saturated heterocycles. The fraction of sp³-hybridized carbons (Fsp3) is 0.150. The molecule has 2 aromatic carbocycles. The summed E-state index contributed by atoms with van der Waals surface area (Å²) < 4.78 is 6.62. The van der Waals surface area contributed by atoms with Gasteiger partial charge in [0.15, 0.2) is 0 Å². The van der Waals surface area contributed by atoms with Crippen molar-refractivity contribution in [2.45, 2.75) is 6.92 Å². The Hall–Kier alpha value is -3.03. The minimum Gasteiger partial charge on any atom is -0.465 e. The molecule has 4 aromatic rings. The van der Waals surface area contributed by atoms with Crippen LogP contribution in [0.1, 0.15) is 16.1 Å². The lowest BCUT2D eigenvalue weighted by Crippen LogP contribution is -2.16. The zero-order valence-corrected chi connectivity index (χ0v) is 17.3. The number of ether oxygens (including phenoxy) is 1. The van der Waals surface area contributed by atoms with Crippen LogP contribution >= 0.6 is 23.2 Å². The van der Waals surface area contributed by atoms with Gasteiger partial charge in [0.2, 0.25) is 5.95 Å². The second-order valence-electron chi connectivity index (χ2n) is 6.52. The van der Waals surface area contributed by atoms with Crippen molar-refractivity contribution in [3.8, 4) is 0 Å². The molecule has 0 aliphatic rings. The largest absolute Gasteiger partial charge is 0.465 e. The Balaban J connectivity index is 2.01. The topological polar surface area (TPSA) is 89.0 Å². The first-order chi connectivity index (χ1) is 13.8. The number of rotatable bonds is 3. The molecule has 2 heterocycles. The minimum atomic E-state index is -0.522. The molecule has 29 heavy (non-hydrogen) atoms. The number of aromatic nitrogens is 3. The molecule has 0 aliphatic carbocycles. The molecule has 0 radical (unpaired) electrons. The number of methoxy groups -OCH3 is 1. The number of anilines is 2. The molecule has 0 bridgehead atoms. The van der Waals surface area contributed by atoms with Crippen molar-refractivity contribution < 1.29 is 9.53 Å². The zero-order chi connectivity index (χ0) is 20.9. The van der Waals surface area contributed by atoms with Gasteiger partial charge in [-0.1, -0.05) is 35.3 Å². The fourth-order valence-corrected chi connectivity index (χ4v) is 3.94.